The highest BCUT2D eigenvalue weighted by molar-refractivity contribution is 7.89. The number of benzene rings is 1. The van der Waals surface area contributed by atoms with Gasteiger partial charge >= 0.3 is 0 Å². The average Bonchev–Trinajstić information content (AvgIpc) is 2.46. The molecule has 1 atom stereocenters. The Labute approximate surface area is 119 Å². The van der Waals surface area contributed by atoms with Gasteiger partial charge in [-0.1, -0.05) is 12.1 Å². The number of hydrogen-bond donors (Lipinski definition) is 1. The molecule has 0 aliphatic carbocycles. The van der Waals surface area contributed by atoms with E-state index in [-0.39, 0.29) is 16.6 Å². The summed E-state index contributed by atoms with van der Waals surface area (Å²) in [6.45, 7) is 3.20. The van der Waals surface area contributed by atoms with Gasteiger partial charge in [-0.2, -0.15) is 0 Å². The maximum Gasteiger partial charge on any atom is 0.240 e. The van der Waals surface area contributed by atoms with Gasteiger partial charge in [-0.25, -0.2) is 13.1 Å². The molecule has 2 rings (SSSR count). The molecule has 1 aromatic rings. The number of rotatable bonds is 5. The van der Waals surface area contributed by atoms with Crippen molar-refractivity contribution < 1.29 is 17.9 Å². The van der Waals surface area contributed by atoms with E-state index in [1.807, 2.05) is 0 Å². The van der Waals surface area contributed by atoms with Crippen molar-refractivity contribution in [3.63, 3.8) is 0 Å². The Hall–Kier alpha value is -1.24. The van der Waals surface area contributed by atoms with Crippen LogP contribution in [0.15, 0.2) is 29.2 Å². The average molecular weight is 297 g/mol. The van der Waals surface area contributed by atoms with Gasteiger partial charge in [0.25, 0.3) is 0 Å². The Balaban J connectivity index is 2.00. The first-order chi connectivity index (χ1) is 9.49. The molecule has 0 spiro atoms. The van der Waals surface area contributed by atoms with E-state index in [4.69, 9.17) is 4.74 Å². The van der Waals surface area contributed by atoms with Crippen LogP contribution in [0.1, 0.15) is 30.1 Å². The third-order valence-corrected chi connectivity index (χ3v) is 4.83. The Bertz CT molecular complexity index is 559. The van der Waals surface area contributed by atoms with Crippen molar-refractivity contribution in [2.45, 2.75) is 24.7 Å². The summed E-state index contributed by atoms with van der Waals surface area (Å²) >= 11 is 0. The van der Waals surface area contributed by atoms with Crippen LogP contribution < -0.4 is 4.72 Å². The zero-order valence-corrected chi connectivity index (χ0v) is 12.3. The molecule has 1 unspecified atom stereocenters. The van der Waals surface area contributed by atoms with Crippen molar-refractivity contribution >= 4 is 15.8 Å². The molecule has 6 heteroatoms. The summed E-state index contributed by atoms with van der Waals surface area (Å²) < 4.78 is 32.2. The van der Waals surface area contributed by atoms with Crippen LogP contribution in [0.5, 0.6) is 0 Å². The maximum atomic E-state index is 12.1. The summed E-state index contributed by atoms with van der Waals surface area (Å²) in [6, 6.07) is 5.97. The number of hydrogen-bond acceptors (Lipinski definition) is 4. The molecule has 1 aliphatic rings. The predicted octanol–water partition coefficient (Wildman–Crippen LogP) is 1.59. The highest BCUT2D eigenvalue weighted by atomic mass is 32.2. The number of carbonyl (C=O) groups is 1. The molecule has 1 N–H and O–H groups in total. The smallest absolute Gasteiger partial charge is 0.240 e. The van der Waals surface area contributed by atoms with Gasteiger partial charge in [-0.15, -0.1) is 0 Å². The van der Waals surface area contributed by atoms with Gasteiger partial charge in [0.15, 0.2) is 5.78 Å². The summed E-state index contributed by atoms with van der Waals surface area (Å²) in [7, 11) is -3.52. The highest BCUT2D eigenvalue weighted by Crippen LogP contribution is 2.15. The van der Waals surface area contributed by atoms with Crippen molar-refractivity contribution in [3.8, 4) is 0 Å². The fourth-order valence-corrected chi connectivity index (χ4v) is 3.26. The number of ketones is 1. The summed E-state index contributed by atoms with van der Waals surface area (Å²) in [5.41, 5.74) is 0.504. The van der Waals surface area contributed by atoms with Crippen LogP contribution in [0.25, 0.3) is 0 Å². The number of Topliss-reactive ketones (excluding diaryl/α,β-unsaturated/α-hetero) is 1. The van der Waals surface area contributed by atoms with E-state index in [2.05, 4.69) is 4.72 Å². The third kappa shape index (κ3) is 3.88. The molecule has 0 aromatic heterocycles. The fourth-order valence-electron chi connectivity index (χ4n) is 2.15. The summed E-state index contributed by atoms with van der Waals surface area (Å²) in [5, 5.41) is 0. The van der Waals surface area contributed by atoms with Crippen LogP contribution in [-0.2, 0) is 14.8 Å². The number of nitrogens with one attached hydrogen (secondary N) is 1. The molecule has 1 heterocycles. The van der Waals surface area contributed by atoms with Crippen LogP contribution in [0, 0.1) is 5.92 Å². The molecule has 0 saturated carbocycles. The van der Waals surface area contributed by atoms with E-state index in [9.17, 15) is 13.2 Å². The van der Waals surface area contributed by atoms with Crippen molar-refractivity contribution in [1.82, 2.24) is 4.72 Å². The van der Waals surface area contributed by atoms with Crippen LogP contribution in [-0.4, -0.2) is 34.0 Å². The molecule has 1 fully saturated rings. The number of ether oxygens (including phenoxy) is 1. The van der Waals surface area contributed by atoms with Gasteiger partial charge in [0.2, 0.25) is 10.0 Å². The zero-order valence-electron chi connectivity index (χ0n) is 11.5. The first-order valence-corrected chi connectivity index (χ1v) is 8.16. The van der Waals surface area contributed by atoms with Crippen molar-refractivity contribution in [3.05, 3.63) is 29.8 Å². The van der Waals surface area contributed by atoms with Gasteiger partial charge in [0, 0.05) is 18.7 Å². The van der Waals surface area contributed by atoms with E-state index >= 15 is 0 Å². The molecule has 5 nitrogen and oxygen atoms in total. The Morgan fingerprint density at radius 3 is 2.60 bits per heavy atom. The molecular weight excluding hydrogens is 278 g/mol. The van der Waals surface area contributed by atoms with Gasteiger partial charge in [-0.3, -0.25) is 4.79 Å². The van der Waals surface area contributed by atoms with E-state index in [0.717, 1.165) is 19.4 Å². The second-order valence-electron chi connectivity index (χ2n) is 5.02. The standard InChI is InChI=1S/C14H19NO4S/c1-11(16)13-4-6-14(7-5-13)20(17,18)15-9-12-3-2-8-19-10-12/h4-7,12,15H,2-3,8-10H2,1H3. The molecule has 1 saturated heterocycles. The minimum atomic E-state index is -3.52. The number of carbonyl (C=O) groups excluding carboxylic acids is 1. The topological polar surface area (TPSA) is 72.5 Å². The van der Waals surface area contributed by atoms with E-state index in [1.165, 1.54) is 31.2 Å². The molecule has 0 radical (unpaired) electrons. The SMILES string of the molecule is CC(=O)c1ccc(S(=O)(=O)NCC2CCCOC2)cc1. The lowest BCUT2D eigenvalue weighted by Gasteiger charge is -2.22. The first kappa shape index (κ1) is 15.2. The normalized spacial score (nSPS) is 19.8. The third-order valence-electron chi connectivity index (χ3n) is 3.39. The van der Waals surface area contributed by atoms with Crippen LogP contribution in [0.4, 0.5) is 0 Å². The quantitative estimate of drug-likeness (QED) is 0.838. The minimum Gasteiger partial charge on any atom is -0.381 e. The molecular formula is C14H19NO4S. The zero-order chi connectivity index (χ0) is 14.6. The summed E-state index contributed by atoms with van der Waals surface area (Å²) in [5.74, 6) is 0.149. The molecule has 1 aliphatic heterocycles. The van der Waals surface area contributed by atoms with Crippen LogP contribution in [0.2, 0.25) is 0 Å². The fraction of sp³-hybridized carbons (Fsp3) is 0.500. The summed E-state index contributed by atoms with van der Waals surface area (Å²) in [6.07, 6.45) is 1.95. The van der Waals surface area contributed by atoms with Gasteiger partial charge in [-0.05, 0) is 37.8 Å². The van der Waals surface area contributed by atoms with Crippen LogP contribution >= 0.6 is 0 Å². The first-order valence-electron chi connectivity index (χ1n) is 6.67. The second-order valence-corrected chi connectivity index (χ2v) is 6.78. The highest BCUT2D eigenvalue weighted by Gasteiger charge is 2.19. The van der Waals surface area contributed by atoms with E-state index < -0.39 is 10.0 Å². The van der Waals surface area contributed by atoms with Crippen molar-refractivity contribution in [2.75, 3.05) is 19.8 Å². The summed E-state index contributed by atoms with van der Waals surface area (Å²) in [4.78, 5) is 11.3. The molecule has 0 amide bonds. The lowest BCUT2D eigenvalue weighted by atomic mass is 10.0. The monoisotopic (exact) mass is 297 g/mol. The van der Waals surface area contributed by atoms with Gasteiger partial charge < -0.3 is 4.74 Å². The largest absolute Gasteiger partial charge is 0.381 e. The lowest BCUT2D eigenvalue weighted by Crippen LogP contribution is -2.33. The maximum absolute atomic E-state index is 12.1. The van der Waals surface area contributed by atoms with Crippen LogP contribution in [0.3, 0.4) is 0 Å². The minimum absolute atomic E-state index is 0.0822. The molecule has 1 aromatic carbocycles. The van der Waals surface area contributed by atoms with E-state index in [0.29, 0.717) is 18.7 Å². The second kappa shape index (κ2) is 6.47. The Kier molecular flexibility index (Phi) is 4.91. The number of sulfonamides is 1. The Morgan fingerprint density at radius 2 is 2.05 bits per heavy atom. The lowest BCUT2D eigenvalue weighted by molar-refractivity contribution is 0.0568. The van der Waals surface area contributed by atoms with E-state index in [1.54, 1.807) is 0 Å². The predicted molar refractivity (Wildman–Crippen MR) is 75.2 cm³/mol. The van der Waals surface area contributed by atoms with Gasteiger partial charge in [0.1, 0.15) is 0 Å². The van der Waals surface area contributed by atoms with Crippen molar-refractivity contribution in [2.24, 2.45) is 5.92 Å². The van der Waals surface area contributed by atoms with Gasteiger partial charge in [0.05, 0.1) is 11.5 Å². The van der Waals surface area contributed by atoms with Crippen molar-refractivity contribution in [1.29, 1.82) is 0 Å². The Morgan fingerprint density at radius 1 is 1.35 bits per heavy atom. The molecule has 110 valence electrons. The molecule has 0 bridgehead atoms. The molecule has 20 heavy (non-hydrogen) atoms.